The van der Waals surface area contributed by atoms with E-state index < -0.39 is 0 Å². The molecule has 0 bridgehead atoms. The molecular formula is C26H34N6O. The molecule has 1 saturated heterocycles. The van der Waals surface area contributed by atoms with Crippen molar-refractivity contribution in [3.63, 3.8) is 0 Å². The molecule has 4 heterocycles. The molecule has 3 aromatic rings. The molecule has 2 fully saturated rings. The van der Waals surface area contributed by atoms with Crippen LogP contribution >= 0.6 is 0 Å². The van der Waals surface area contributed by atoms with Crippen molar-refractivity contribution in [3.05, 3.63) is 42.5 Å². The number of hydrogen-bond acceptors (Lipinski definition) is 6. The third kappa shape index (κ3) is 5.31. The standard InChI is InChI=1S/C26H34N6O/c1-30-9-11-32(12-10-30)17-19-3-5-20(6-4-19)26(33)14-23-13-25-21(15-27-23)7-8-24(29-25)22-16-28-31(2)18-22/h7-8,13,15-16,18-20H,3-6,9-12,14,17H2,1-2H3. The second kappa shape index (κ2) is 9.69. The molecule has 0 radical (unpaired) electrons. The average molecular weight is 447 g/mol. The second-order valence-corrected chi connectivity index (χ2v) is 9.93. The summed E-state index contributed by atoms with van der Waals surface area (Å²) in [5, 5.41) is 5.23. The largest absolute Gasteiger partial charge is 0.304 e. The van der Waals surface area contributed by atoms with E-state index >= 15 is 0 Å². The highest BCUT2D eigenvalue weighted by Gasteiger charge is 2.28. The number of ketones is 1. The van der Waals surface area contributed by atoms with Crippen molar-refractivity contribution in [1.29, 1.82) is 0 Å². The van der Waals surface area contributed by atoms with Gasteiger partial charge in [-0.3, -0.25) is 14.5 Å². The molecule has 1 saturated carbocycles. The van der Waals surface area contributed by atoms with E-state index in [1.165, 1.54) is 45.6 Å². The number of pyridine rings is 2. The molecule has 2 aliphatic rings. The van der Waals surface area contributed by atoms with Gasteiger partial charge in [-0.1, -0.05) is 0 Å². The first-order valence-electron chi connectivity index (χ1n) is 12.2. The van der Waals surface area contributed by atoms with Crippen LogP contribution in [0.1, 0.15) is 31.4 Å². The first kappa shape index (κ1) is 22.2. The number of aryl methyl sites for hydroxylation is 1. The summed E-state index contributed by atoms with van der Waals surface area (Å²) in [6.07, 6.45) is 10.4. The molecule has 5 rings (SSSR count). The predicted octanol–water partition coefficient (Wildman–Crippen LogP) is 3.20. The summed E-state index contributed by atoms with van der Waals surface area (Å²) in [6.45, 7) is 5.90. The minimum absolute atomic E-state index is 0.181. The van der Waals surface area contributed by atoms with Crippen molar-refractivity contribution in [1.82, 2.24) is 29.5 Å². The fraction of sp³-hybridized carbons (Fsp3) is 0.538. The minimum atomic E-state index is 0.181. The van der Waals surface area contributed by atoms with Crippen molar-refractivity contribution in [2.24, 2.45) is 18.9 Å². The number of fused-ring (bicyclic) bond motifs is 1. The van der Waals surface area contributed by atoms with Crippen LogP contribution in [0.2, 0.25) is 0 Å². The molecule has 0 atom stereocenters. The van der Waals surface area contributed by atoms with Crippen molar-refractivity contribution in [2.75, 3.05) is 39.8 Å². The smallest absolute Gasteiger partial charge is 0.141 e. The lowest BCUT2D eigenvalue weighted by Crippen LogP contribution is -2.46. The quantitative estimate of drug-likeness (QED) is 0.579. The van der Waals surface area contributed by atoms with Crippen LogP contribution in [0.3, 0.4) is 0 Å². The lowest BCUT2D eigenvalue weighted by Gasteiger charge is -2.36. The molecule has 174 valence electrons. The Hall–Kier alpha value is -2.64. The van der Waals surface area contributed by atoms with E-state index in [1.807, 2.05) is 43.8 Å². The van der Waals surface area contributed by atoms with Crippen LogP contribution in [0.4, 0.5) is 0 Å². The van der Waals surface area contributed by atoms with Crippen LogP contribution in [-0.2, 0) is 18.3 Å². The van der Waals surface area contributed by atoms with Crippen LogP contribution in [0.25, 0.3) is 22.2 Å². The van der Waals surface area contributed by atoms with E-state index in [0.29, 0.717) is 12.2 Å². The van der Waals surface area contributed by atoms with Gasteiger partial charge in [-0.05, 0) is 56.8 Å². The molecule has 0 unspecified atom stereocenters. The fourth-order valence-electron chi connectivity index (χ4n) is 5.25. The third-order valence-electron chi connectivity index (χ3n) is 7.40. The summed E-state index contributed by atoms with van der Waals surface area (Å²) in [7, 11) is 4.10. The maximum atomic E-state index is 13.0. The topological polar surface area (TPSA) is 67.2 Å². The molecule has 0 amide bonds. The number of carbonyl (C=O) groups is 1. The van der Waals surface area contributed by atoms with Gasteiger partial charge >= 0.3 is 0 Å². The summed E-state index contributed by atoms with van der Waals surface area (Å²) < 4.78 is 1.78. The maximum Gasteiger partial charge on any atom is 0.141 e. The number of hydrogen-bond donors (Lipinski definition) is 0. The van der Waals surface area contributed by atoms with Gasteiger partial charge in [0.15, 0.2) is 0 Å². The Labute approximate surface area is 195 Å². The van der Waals surface area contributed by atoms with Crippen LogP contribution in [0.15, 0.2) is 36.8 Å². The number of Topliss-reactive ketones (excluding diaryl/α,β-unsaturated/α-hetero) is 1. The van der Waals surface area contributed by atoms with E-state index in [2.05, 4.69) is 26.9 Å². The van der Waals surface area contributed by atoms with Gasteiger partial charge in [0.25, 0.3) is 0 Å². The monoisotopic (exact) mass is 446 g/mol. The van der Waals surface area contributed by atoms with Crippen molar-refractivity contribution >= 4 is 16.7 Å². The molecule has 1 aliphatic heterocycles. The fourth-order valence-corrected chi connectivity index (χ4v) is 5.25. The number of aromatic nitrogens is 4. The van der Waals surface area contributed by atoms with Crippen LogP contribution in [-0.4, -0.2) is 75.1 Å². The van der Waals surface area contributed by atoms with E-state index in [9.17, 15) is 4.79 Å². The Balaban J connectivity index is 1.18. The van der Waals surface area contributed by atoms with Gasteiger partial charge in [-0.25, -0.2) is 4.98 Å². The predicted molar refractivity (Wildman–Crippen MR) is 130 cm³/mol. The summed E-state index contributed by atoms with van der Waals surface area (Å²) >= 11 is 0. The van der Waals surface area contributed by atoms with Gasteiger partial charge in [-0.15, -0.1) is 0 Å². The first-order chi connectivity index (χ1) is 16.0. The molecule has 0 N–H and O–H groups in total. The molecule has 3 aromatic heterocycles. The molecule has 33 heavy (non-hydrogen) atoms. The van der Waals surface area contributed by atoms with Crippen molar-refractivity contribution in [2.45, 2.75) is 32.1 Å². The van der Waals surface area contributed by atoms with Crippen molar-refractivity contribution in [3.8, 4) is 11.3 Å². The van der Waals surface area contributed by atoms with E-state index in [4.69, 9.17) is 4.98 Å². The van der Waals surface area contributed by atoms with Gasteiger partial charge in [0, 0.05) is 81.1 Å². The lowest BCUT2D eigenvalue weighted by molar-refractivity contribution is -0.123. The number of piperazine rings is 1. The number of carbonyl (C=O) groups excluding carboxylic acids is 1. The van der Waals surface area contributed by atoms with E-state index in [-0.39, 0.29) is 5.92 Å². The first-order valence-corrected chi connectivity index (χ1v) is 12.2. The van der Waals surface area contributed by atoms with Crippen LogP contribution in [0.5, 0.6) is 0 Å². The highest BCUT2D eigenvalue weighted by Crippen LogP contribution is 2.31. The highest BCUT2D eigenvalue weighted by atomic mass is 16.1. The van der Waals surface area contributed by atoms with Gasteiger partial charge in [0.1, 0.15) is 5.78 Å². The summed E-state index contributed by atoms with van der Waals surface area (Å²) in [4.78, 5) is 27.4. The number of nitrogens with zero attached hydrogens (tertiary/aromatic N) is 6. The second-order valence-electron chi connectivity index (χ2n) is 9.93. The Morgan fingerprint density at radius 1 is 1.03 bits per heavy atom. The van der Waals surface area contributed by atoms with Gasteiger partial charge in [0.2, 0.25) is 0 Å². The van der Waals surface area contributed by atoms with Crippen LogP contribution < -0.4 is 0 Å². The average Bonchev–Trinajstić information content (AvgIpc) is 3.27. The Morgan fingerprint density at radius 3 is 2.55 bits per heavy atom. The summed E-state index contributed by atoms with van der Waals surface area (Å²) in [6, 6.07) is 6.00. The molecule has 0 spiro atoms. The zero-order valence-corrected chi connectivity index (χ0v) is 19.8. The lowest BCUT2D eigenvalue weighted by atomic mass is 9.79. The van der Waals surface area contributed by atoms with Gasteiger partial charge in [-0.2, -0.15) is 5.10 Å². The number of rotatable bonds is 6. The molecule has 7 nitrogen and oxygen atoms in total. The van der Waals surface area contributed by atoms with Gasteiger partial charge in [0.05, 0.1) is 17.4 Å². The Bertz CT molecular complexity index is 1110. The van der Waals surface area contributed by atoms with Gasteiger partial charge < -0.3 is 9.80 Å². The zero-order chi connectivity index (χ0) is 22.8. The Morgan fingerprint density at radius 2 is 1.82 bits per heavy atom. The Kier molecular flexibility index (Phi) is 6.51. The normalized spacial score (nSPS) is 22.6. The molecule has 7 heteroatoms. The minimum Gasteiger partial charge on any atom is -0.304 e. The maximum absolute atomic E-state index is 13.0. The van der Waals surface area contributed by atoms with E-state index in [1.54, 1.807) is 4.68 Å². The summed E-state index contributed by atoms with van der Waals surface area (Å²) in [5.74, 6) is 1.26. The highest BCUT2D eigenvalue weighted by molar-refractivity contribution is 5.85. The molecule has 0 aromatic carbocycles. The van der Waals surface area contributed by atoms with Crippen LogP contribution in [0, 0.1) is 11.8 Å². The van der Waals surface area contributed by atoms with E-state index in [0.717, 1.165) is 46.6 Å². The SMILES string of the molecule is CN1CCN(CC2CCC(C(=O)Cc3cc4nc(-c5cnn(C)c5)ccc4cn3)CC2)CC1. The molecule has 1 aliphatic carbocycles. The molecular weight excluding hydrogens is 412 g/mol. The third-order valence-corrected chi connectivity index (χ3v) is 7.40. The zero-order valence-electron chi connectivity index (χ0n) is 19.8. The summed E-state index contributed by atoms with van der Waals surface area (Å²) in [5.41, 5.74) is 3.58. The van der Waals surface area contributed by atoms with Crippen molar-refractivity contribution < 1.29 is 4.79 Å². The number of likely N-dealkylation sites (N-methyl/N-ethyl adjacent to an activating group) is 1.